The molecule has 7 heteroatoms. The van der Waals surface area contributed by atoms with Crippen molar-refractivity contribution in [3.63, 3.8) is 0 Å². The number of guanidine groups is 1. The van der Waals surface area contributed by atoms with Crippen molar-refractivity contribution in [3.8, 4) is 0 Å². The number of hydrogen-bond donors (Lipinski definition) is 2. The van der Waals surface area contributed by atoms with E-state index in [1.165, 1.54) is 0 Å². The van der Waals surface area contributed by atoms with Crippen LogP contribution in [0.15, 0.2) is 29.4 Å². The van der Waals surface area contributed by atoms with Crippen LogP contribution < -0.4 is 15.5 Å². The van der Waals surface area contributed by atoms with Crippen molar-refractivity contribution >= 4 is 17.7 Å². The number of hydrogen-bond acceptors (Lipinski definition) is 4. The molecule has 0 bridgehead atoms. The van der Waals surface area contributed by atoms with Gasteiger partial charge in [-0.1, -0.05) is 13.0 Å². The highest BCUT2D eigenvalue weighted by atomic mass is 16.1. The van der Waals surface area contributed by atoms with Crippen LogP contribution in [0.25, 0.3) is 0 Å². The number of aliphatic imine (C=N–C) groups is 1. The third-order valence-corrected chi connectivity index (χ3v) is 4.51. The van der Waals surface area contributed by atoms with Crippen LogP contribution in [-0.4, -0.2) is 67.1 Å². The molecule has 144 valence electrons. The predicted octanol–water partition coefficient (Wildman–Crippen LogP) is 1.47. The third-order valence-electron chi connectivity index (χ3n) is 4.51. The lowest BCUT2D eigenvalue weighted by Crippen LogP contribution is -2.52. The molecule has 0 spiro atoms. The number of aromatic nitrogens is 1. The summed E-state index contributed by atoms with van der Waals surface area (Å²) in [6.45, 7) is 11.1. The molecule has 1 amide bonds. The zero-order valence-electron chi connectivity index (χ0n) is 16.2. The number of nitrogens with zero attached hydrogens (tertiary/aromatic N) is 4. The van der Waals surface area contributed by atoms with E-state index >= 15 is 0 Å². The molecule has 1 saturated heterocycles. The van der Waals surface area contributed by atoms with E-state index in [-0.39, 0.29) is 11.9 Å². The number of carbonyl (C=O) groups excluding carboxylic acids is 1. The normalized spacial score (nSPS) is 16.3. The summed E-state index contributed by atoms with van der Waals surface area (Å²) in [5.41, 5.74) is 0. The van der Waals surface area contributed by atoms with Gasteiger partial charge in [0, 0.05) is 51.4 Å². The monoisotopic (exact) mass is 360 g/mol. The fourth-order valence-electron chi connectivity index (χ4n) is 2.83. The third kappa shape index (κ3) is 6.20. The second-order valence-corrected chi connectivity index (χ2v) is 6.52. The van der Waals surface area contributed by atoms with E-state index in [9.17, 15) is 4.79 Å². The minimum Gasteiger partial charge on any atom is -0.357 e. The number of pyridine rings is 1. The maximum atomic E-state index is 11.9. The average Bonchev–Trinajstić information content (AvgIpc) is 2.68. The van der Waals surface area contributed by atoms with Crippen LogP contribution in [-0.2, 0) is 4.79 Å². The molecule has 1 aliphatic rings. The van der Waals surface area contributed by atoms with Gasteiger partial charge in [-0.25, -0.2) is 4.98 Å². The predicted molar refractivity (Wildman–Crippen MR) is 107 cm³/mol. The number of anilines is 1. The van der Waals surface area contributed by atoms with Gasteiger partial charge in [0.15, 0.2) is 5.96 Å². The van der Waals surface area contributed by atoms with Crippen molar-refractivity contribution in [2.45, 2.75) is 39.7 Å². The Morgan fingerprint density at radius 3 is 2.65 bits per heavy atom. The Hall–Kier alpha value is -2.31. The van der Waals surface area contributed by atoms with Crippen LogP contribution in [0, 0.1) is 0 Å². The highest BCUT2D eigenvalue weighted by Gasteiger charge is 2.20. The summed E-state index contributed by atoms with van der Waals surface area (Å²) < 4.78 is 0. The van der Waals surface area contributed by atoms with E-state index in [1.807, 2.05) is 31.3 Å². The summed E-state index contributed by atoms with van der Waals surface area (Å²) in [6, 6.07) is 6.22. The summed E-state index contributed by atoms with van der Waals surface area (Å²) in [5.74, 6) is 1.99. The van der Waals surface area contributed by atoms with Crippen molar-refractivity contribution in [3.05, 3.63) is 24.4 Å². The van der Waals surface area contributed by atoms with Crippen LogP contribution in [0.5, 0.6) is 0 Å². The molecule has 1 atom stereocenters. The highest BCUT2D eigenvalue weighted by Crippen LogP contribution is 2.12. The van der Waals surface area contributed by atoms with Gasteiger partial charge in [-0.2, -0.15) is 0 Å². The summed E-state index contributed by atoms with van der Waals surface area (Å²) in [7, 11) is 0. The van der Waals surface area contributed by atoms with E-state index in [4.69, 9.17) is 0 Å². The van der Waals surface area contributed by atoms with E-state index in [0.29, 0.717) is 13.0 Å². The smallest absolute Gasteiger partial charge is 0.222 e. The molecular weight excluding hydrogens is 328 g/mol. The first-order valence-electron chi connectivity index (χ1n) is 9.62. The molecule has 1 unspecified atom stereocenters. The standard InChI is InChI=1S/C19H32N6O/c1-4-16(3)23-18(26)9-11-22-19(20-5-2)25-14-12-24(13-15-25)17-8-6-7-10-21-17/h6-8,10,16H,4-5,9,11-15H2,1-3H3,(H,20,22)(H,23,26). The molecule has 1 aliphatic heterocycles. The van der Waals surface area contributed by atoms with Gasteiger partial charge in [0.2, 0.25) is 5.91 Å². The molecule has 2 rings (SSSR count). The minimum atomic E-state index is 0.0684. The zero-order valence-corrected chi connectivity index (χ0v) is 16.2. The van der Waals surface area contributed by atoms with Crippen molar-refractivity contribution < 1.29 is 4.79 Å². The lowest BCUT2D eigenvalue weighted by Gasteiger charge is -2.37. The van der Waals surface area contributed by atoms with Gasteiger partial charge in [-0.05, 0) is 32.4 Å². The Morgan fingerprint density at radius 2 is 2.04 bits per heavy atom. The number of piperazine rings is 1. The largest absolute Gasteiger partial charge is 0.357 e. The first-order chi connectivity index (χ1) is 12.6. The van der Waals surface area contributed by atoms with E-state index in [2.05, 4.69) is 44.3 Å². The Labute approximate surface area is 156 Å². The van der Waals surface area contributed by atoms with Crippen LogP contribution in [0.3, 0.4) is 0 Å². The molecule has 26 heavy (non-hydrogen) atoms. The first kappa shape index (κ1) is 20.0. The first-order valence-corrected chi connectivity index (χ1v) is 9.62. The lowest BCUT2D eigenvalue weighted by molar-refractivity contribution is -0.121. The SMILES string of the molecule is CCNC(=NCCC(=O)NC(C)CC)N1CCN(c2ccccn2)CC1. The molecule has 1 fully saturated rings. The topological polar surface area (TPSA) is 72.9 Å². The molecule has 0 aliphatic carbocycles. The van der Waals surface area contributed by atoms with Gasteiger partial charge in [0.05, 0.1) is 6.54 Å². The van der Waals surface area contributed by atoms with Crippen molar-refractivity contribution in [2.24, 2.45) is 4.99 Å². The Kier molecular flexibility index (Phi) is 8.18. The Bertz CT molecular complexity index is 569. The summed E-state index contributed by atoms with van der Waals surface area (Å²) in [5, 5.41) is 6.33. The van der Waals surface area contributed by atoms with Gasteiger partial charge >= 0.3 is 0 Å². The van der Waals surface area contributed by atoms with E-state index in [0.717, 1.165) is 50.9 Å². The molecular formula is C19H32N6O. The van der Waals surface area contributed by atoms with Crippen molar-refractivity contribution in [2.75, 3.05) is 44.2 Å². The average molecular weight is 361 g/mol. The Morgan fingerprint density at radius 1 is 1.27 bits per heavy atom. The molecule has 0 saturated carbocycles. The van der Waals surface area contributed by atoms with Gasteiger partial charge in [0.25, 0.3) is 0 Å². The molecule has 7 nitrogen and oxygen atoms in total. The number of amides is 1. The summed E-state index contributed by atoms with van der Waals surface area (Å²) in [4.78, 5) is 25.5. The van der Waals surface area contributed by atoms with Gasteiger partial charge in [0.1, 0.15) is 5.82 Å². The number of rotatable bonds is 7. The number of carbonyl (C=O) groups is 1. The van der Waals surface area contributed by atoms with E-state index in [1.54, 1.807) is 0 Å². The molecule has 2 heterocycles. The zero-order chi connectivity index (χ0) is 18.8. The molecule has 1 aromatic rings. The van der Waals surface area contributed by atoms with Gasteiger partial charge < -0.3 is 20.4 Å². The van der Waals surface area contributed by atoms with Crippen LogP contribution >= 0.6 is 0 Å². The fourth-order valence-corrected chi connectivity index (χ4v) is 2.83. The van der Waals surface area contributed by atoms with Crippen molar-refractivity contribution in [1.29, 1.82) is 0 Å². The molecule has 2 N–H and O–H groups in total. The summed E-state index contributed by atoms with van der Waals surface area (Å²) in [6.07, 6.45) is 3.20. The second-order valence-electron chi connectivity index (χ2n) is 6.52. The molecule has 0 radical (unpaired) electrons. The van der Waals surface area contributed by atoms with Crippen LogP contribution in [0.2, 0.25) is 0 Å². The summed E-state index contributed by atoms with van der Waals surface area (Å²) >= 11 is 0. The Balaban J connectivity index is 1.84. The maximum absolute atomic E-state index is 11.9. The van der Waals surface area contributed by atoms with Gasteiger partial charge in [-0.15, -0.1) is 0 Å². The fraction of sp³-hybridized carbons (Fsp3) is 0.632. The van der Waals surface area contributed by atoms with E-state index < -0.39 is 0 Å². The van der Waals surface area contributed by atoms with Gasteiger partial charge in [-0.3, -0.25) is 9.79 Å². The van der Waals surface area contributed by atoms with Crippen molar-refractivity contribution in [1.82, 2.24) is 20.5 Å². The van der Waals surface area contributed by atoms with Crippen LogP contribution in [0.1, 0.15) is 33.6 Å². The number of nitrogens with one attached hydrogen (secondary N) is 2. The highest BCUT2D eigenvalue weighted by molar-refractivity contribution is 5.81. The molecule has 0 aromatic carbocycles. The maximum Gasteiger partial charge on any atom is 0.222 e. The second kappa shape index (κ2) is 10.6. The minimum absolute atomic E-state index is 0.0684. The van der Waals surface area contributed by atoms with Crippen LogP contribution in [0.4, 0.5) is 5.82 Å². The quantitative estimate of drug-likeness (QED) is 0.569. The lowest BCUT2D eigenvalue weighted by atomic mass is 10.2. The molecule has 1 aromatic heterocycles.